The monoisotopic (exact) mass is 326 g/mol. The number of alkyl halides is 3. The predicted octanol–water partition coefficient (Wildman–Crippen LogP) is 3.68. The lowest BCUT2D eigenvalue weighted by atomic mass is 10.0. The molecule has 122 valence electrons. The summed E-state index contributed by atoms with van der Waals surface area (Å²) in [5.74, 6) is -0.141. The minimum atomic E-state index is -4.77. The number of H-pyrrole nitrogens is 2. The number of fused-ring (bicyclic) bond motifs is 1. The van der Waals surface area contributed by atoms with Crippen molar-refractivity contribution in [3.05, 3.63) is 46.9 Å². The van der Waals surface area contributed by atoms with Crippen LogP contribution in [0.4, 0.5) is 13.2 Å². The molecular weight excluding hydrogens is 313 g/mol. The van der Waals surface area contributed by atoms with Gasteiger partial charge in [-0.3, -0.25) is 0 Å². The first-order valence-electron chi connectivity index (χ1n) is 6.52. The highest BCUT2D eigenvalue weighted by atomic mass is 19.4. The molecule has 0 atom stereocenters. The summed E-state index contributed by atoms with van der Waals surface area (Å²) < 4.78 is 45.9. The molecule has 0 spiro atoms. The zero-order valence-corrected chi connectivity index (χ0v) is 11.8. The van der Waals surface area contributed by atoms with E-state index in [1.54, 1.807) is 18.2 Å². The molecule has 3 aromatic rings. The lowest BCUT2D eigenvalue weighted by Gasteiger charge is -2.13. The summed E-state index contributed by atoms with van der Waals surface area (Å²) in [6.45, 7) is 0. The highest BCUT2D eigenvalue weighted by Gasteiger charge is 2.31. The van der Waals surface area contributed by atoms with E-state index in [9.17, 15) is 18.0 Å². The Labute approximate surface area is 129 Å². The second-order valence-electron chi connectivity index (χ2n) is 4.75. The highest BCUT2D eigenvalue weighted by Crippen LogP contribution is 2.35. The third-order valence-corrected chi connectivity index (χ3v) is 3.23. The summed E-state index contributed by atoms with van der Waals surface area (Å²) in [6.07, 6.45) is -4.77. The maximum atomic E-state index is 12.3. The summed E-state index contributed by atoms with van der Waals surface area (Å²) in [7, 11) is 1.35. The second kappa shape index (κ2) is 5.38. The number of aromatic amines is 2. The van der Waals surface area contributed by atoms with E-state index in [2.05, 4.69) is 14.7 Å². The molecule has 0 radical (unpaired) electrons. The highest BCUT2D eigenvalue weighted by molar-refractivity contribution is 5.83. The van der Waals surface area contributed by atoms with Crippen LogP contribution in [0.15, 0.2) is 41.2 Å². The van der Waals surface area contributed by atoms with Crippen LogP contribution in [-0.2, 0) is 0 Å². The van der Waals surface area contributed by atoms with Crippen LogP contribution in [0, 0.1) is 0 Å². The van der Waals surface area contributed by atoms with Gasteiger partial charge in [0.2, 0.25) is 0 Å². The quantitative estimate of drug-likeness (QED) is 0.771. The van der Waals surface area contributed by atoms with Gasteiger partial charge in [0, 0.05) is 13.1 Å². The third kappa shape index (κ3) is 3.15. The third-order valence-electron chi connectivity index (χ3n) is 3.23. The molecule has 0 amide bonds. The summed E-state index contributed by atoms with van der Waals surface area (Å²) >= 11 is 0. The number of aromatic nitrogens is 2. The van der Waals surface area contributed by atoms with Crippen LogP contribution in [0.3, 0.4) is 0 Å². The molecule has 0 unspecified atom stereocenters. The minimum Gasteiger partial charge on any atom is -0.496 e. The van der Waals surface area contributed by atoms with Crippen LogP contribution in [0.25, 0.3) is 22.2 Å². The fourth-order valence-corrected chi connectivity index (χ4v) is 2.31. The standard InChI is InChI=1S/C15H11F3N2O3.H2/c1-22-13-7-9(23-15(16,17)18)3-4-10(13)8-2-5-11-12(6-8)20-14(21)19-11;/h2-7H,1H3,(H2,19,20,21);1H. The van der Waals surface area contributed by atoms with E-state index >= 15 is 0 Å². The molecule has 1 heterocycles. The van der Waals surface area contributed by atoms with Gasteiger partial charge in [0.25, 0.3) is 0 Å². The van der Waals surface area contributed by atoms with Gasteiger partial charge >= 0.3 is 12.1 Å². The van der Waals surface area contributed by atoms with E-state index in [0.717, 1.165) is 6.07 Å². The fourth-order valence-electron chi connectivity index (χ4n) is 2.31. The molecule has 3 rings (SSSR count). The summed E-state index contributed by atoms with van der Waals surface area (Å²) in [6, 6.07) is 8.96. The Morgan fingerprint density at radius 3 is 2.48 bits per heavy atom. The SMILES string of the molecule is COc1cc(OC(F)(F)F)ccc1-c1ccc2[nH]c(=O)[nH]c2c1.[HH]. The molecule has 0 bridgehead atoms. The molecule has 5 nitrogen and oxygen atoms in total. The molecule has 0 aliphatic rings. The molecule has 0 aliphatic carbocycles. The molecular formula is C15H13F3N2O3. The van der Waals surface area contributed by atoms with Crippen molar-refractivity contribution in [2.45, 2.75) is 6.36 Å². The summed E-state index contributed by atoms with van der Waals surface area (Å²) in [5.41, 5.74) is 2.15. The topological polar surface area (TPSA) is 67.1 Å². The first-order valence-corrected chi connectivity index (χ1v) is 6.52. The van der Waals surface area contributed by atoms with Gasteiger partial charge in [0.15, 0.2) is 0 Å². The number of imidazole rings is 1. The van der Waals surface area contributed by atoms with Crippen molar-refractivity contribution in [1.82, 2.24) is 9.97 Å². The summed E-state index contributed by atoms with van der Waals surface area (Å²) in [4.78, 5) is 16.5. The Hall–Kier alpha value is -2.90. The molecule has 23 heavy (non-hydrogen) atoms. The van der Waals surface area contributed by atoms with Crippen molar-refractivity contribution in [3.8, 4) is 22.6 Å². The Bertz CT molecular complexity index is 918. The van der Waals surface area contributed by atoms with E-state index in [1.807, 2.05) is 0 Å². The zero-order chi connectivity index (χ0) is 16.6. The largest absolute Gasteiger partial charge is 0.573 e. The lowest BCUT2D eigenvalue weighted by Crippen LogP contribution is -2.17. The number of ether oxygens (including phenoxy) is 2. The maximum Gasteiger partial charge on any atom is 0.573 e. The number of halogens is 3. The molecule has 0 fully saturated rings. The second-order valence-corrected chi connectivity index (χ2v) is 4.75. The molecule has 8 heteroatoms. The van der Waals surface area contributed by atoms with Crippen LogP contribution in [0.2, 0.25) is 0 Å². The van der Waals surface area contributed by atoms with Crippen LogP contribution < -0.4 is 15.2 Å². The first kappa shape index (κ1) is 15.0. The van der Waals surface area contributed by atoms with Gasteiger partial charge in [0.1, 0.15) is 11.5 Å². The molecule has 0 aliphatic heterocycles. The van der Waals surface area contributed by atoms with Gasteiger partial charge in [0.05, 0.1) is 18.1 Å². The average Bonchev–Trinajstić information content (AvgIpc) is 2.84. The van der Waals surface area contributed by atoms with Gasteiger partial charge in [-0.05, 0) is 29.8 Å². The Morgan fingerprint density at radius 1 is 1.04 bits per heavy atom. The zero-order valence-electron chi connectivity index (χ0n) is 11.8. The number of benzene rings is 2. The molecule has 0 saturated heterocycles. The van der Waals surface area contributed by atoms with E-state index in [4.69, 9.17) is 4.74 Å². The van der Waals surface area contributed by atoms with E-state index in [1.165, 1.54) is 19.2 Å². The Kier molecular flexibility index (Phi) is 3.51. The van der Waals surface area contributed by atoms with Crippen LogP contribution in [0.5, 0.6) is 11.5 Å². The van der Waals surface area contributed by atoms with E-state index in [-0.39, 0.29) is 18.6 Å². The van der Waals surface area contributed by atoms with Crippen LogP contribution >= 0.6 is 0 Å². The van der Waals surface area contributed by atoms with E-state index < -0.39 is 6.36 Å². The van der Waals surface area contributed by atoms with Crippen molar-refractivity contribution in [2.24, 2.45) is 0 Å². The van der Waals surface area contributed by atoms with Crippen molar-refractivity contribution < 1.29 is 24.1 Å². The van der Waals surface area contributed by atoms with Gasteiger partial charge < -0.3 is 19.4 Å². The van der Waals surface area contributed by atoms with Crippen molar-refractivity contribution in [2.75, 3.05) is 7.11 Å². The minimum absolute atomic E-state index is 0. The van der Waals surface area contributed by atoms with Gasteiger partial charge in [-0.2, -0.15) is 0 Å². The van der Waals surface area contributed by atoms with Crippen molar-refractivity contribution >= 4 is 11.0 Å². The Balaban J connectivity index is 0.00000208. The summed E-state index contributed by atoms with van der Waals surface area (Å²) in [5, 5.41) is 0. The number of methoxy groups -OCH3 is 1. The number of hydrogen-bond acceptors (Lipinski definition) is 3. The smallest absolute Gasteiger partial charge is 0.496 e. The predicted molar refractivity (Wildman–Crippen MR) is 79.7 cm³/mol. The average molecular weight is 326 g/mol. The molecule has 1 aromatic heterocycles. The normalized spacial score (nSPS) is 11.7. The number of rotatable bonds is 3. The van der Waals surface area contributed by atoms with Crippen molar-refractivity contribution in [1.29, 1.82) is 0 Å². The van der Waals surface area contributed by atoms with E-state index in [0.29, 0.717) is 22.2 Å². The van der Waals surface area contributed by atoms with Gasteiger partial charge in [-0.15, -0.1) is 13.2 Å². The molecule has 0 saturated carbocycles. The van der Waals surface area contributed by atoms with Crippen LogP contribution in [-0.4, -0.2) is 23.4 Å². The van der Waals surface area contributed by atoms with Crippen molar-refractivity contribution in [3.63, 3.8) is 0 Å². The Morgan fingerprint density at radius 2 is 1.78 bits per heavy atom. The lowest BCUT2D eigenvalue weighted by molar-refractivity contribution is -0.274. The maximum absolute atomic E-state index is 12.3. The first-order chi connectivity index (χ1) is 10.9. The number of nitrogens with one attached hydrogen (secondary N) is 2. The molecule has 2 N–H and O–H groups in total. The van der Waals surface area contributed by atoms with Crippen LogP contribution in [0.1, 0.15) is 1.43 Å². The number of hydrogen-bond donors (Lipinski definition) is 2. The van der Waals surface area contributed by atoms with Gasteiger partial charge in [-0.25, -0.2) is 4.79 Å². The van der Waals surface area contributed by atoms with Gasteiger partial charge in [-0.1, -0.05) is 6.07 Å². The molecule has 2 aromatic carbocycles. The fraction of sp³-hybridized carbons (Fsp3) is 0.133.